The average molecular weight is 575 g/mol. The molecular formula is C21H27IN4O3S2. The van der Waals surface area contributed by atoms with Crippen molar-refractivity contribution in [3.05, 3.63) is 71.1 Å². The predicted octanol–water partition coefficient (Wildman–Crippen LogP) is 2.84. The number of guanidine groups is 1. The number of aliphatic hydroxyl groups is 1. The van der Waals surface area contributed by atoms with Crippen molar-refractivity contribution in [1.82, 2.24) is 15.4 Å². The number of hydrogen-bond acceptors (Lipinski definition) is 5. The number of sulfonamides is 1. The van der Waals surface area contributed by atoms with E-state index in [-0.39, 0.29) is 49.4 Å². The fraction of sp³-hybridized carbons (Fsp3) is 0.286. The summed E-state index contributed by atoms with van der Waals surface area (Å²) in [4.78, 5) is 4.95. The van der Waals surface area contributed by atoms with Crippen LogP contribution in [0.4, 0.5) is 0 Å². The summed E-state index contributed by atoms with van der Waals surface area (Å²) < 4.78 is 28.0. The number of nitrogens with zero attached hydrogens (tertiary/aromatic N) is 1. The van der Waals surface area contributed by atoms with Crippen LogP contribution in [0.15, 0.2) is 65.7 Å². The van der Waals surface area contributed by atoms with Crippen molar-refractivity contribution in [2.24, 2.45) is 4.99 Å². The molecule has 0 amide bonds. The maximum atomic E-state index is 12.2. The highest BCUT2D eigenvalue weighted by Gasteiger charge is 2.13. The number of aliphatic imine (C=N–C) groups is 1. The summed E-state index contributed by atoms with van der Waals surface area (Å²) in [5.74, 6) is 0.354. The van der Waals surface area contributed by atoms with Gasteiger partial charge < -0.3 is 15.7 Å². The number of nitrogens with one attached hydrogen (secondary N) is 3. The van der Waals surface area contributed by atoms with E-state index in [0.717, 1.165) is 20.5 Å². The Morgan fingerprint density at radius 1 is 1.10 bits per heavy atom. The number of fused-ring (bicyclic) bond motifs is 1. The van der Waals surface area contributed by atoms with E-state index in [1.165, 1.54) is 0 Å². The third kappa shape index (κ3) is 8.04. The molecule has 1 unspecified atom stereocenters. The second-order valence-corrected chi connectivity index (χ2v) is 9.75. The SMILES string of the molecule is CN=C(NCCS(=O)(=O)NCc1ccccc1)NCC(O)c1cc2ccccc2s1.I. The van der Waals surface area contributed by atoms with Gasteiger partial charge in [0.2, 0.25) is 10.0 Å². The molecule has 0 aliphatic carbocycles. The molecule has 1 heterocycles. The van der Waals surface area contributed by atoms with E-state index >= 15 is 0 Å². The number of halogens is 1. The van der Waals surface area contributed by atoms with Crippen LogP contribution in [-0.2, 0) is 16.6 Å². The molecule has 0 saturated carbocycles. The highest BCUT2D eigenvalue weighted by molar-refractivity contribution is 14.0. The topological polar surface area (TPSA) is 103 Å². The highest BCUT2D eigenvalue weighted by Crippen LogP contribution is 2.29. The van der Waals surface area contributed by atoms with E-state index in [0.29, 0.717) is 5.96 Å². The van der Waals surface area contributed by atoms with E-state index in [2.05, 4.69) is 20.3 Å². The molecule has 7 nitrogen and oxygen atoms in total. The van der Waals surface area contributed by atoms with E-state index in [4.69, 9.17) is 0 Å². The summed E-state index contributed by atoms with van der Waals surface area (Å²) in [5, 5.41) is 17.6. The summed E-state index contributed by atoms with van der Waals surface area (Å²) in [7, 11) is -1.82. The average Bonchev–Trinajstić information content (AvgIpc) is 3.20. The van der Waals surface area contributed by atoms with Crippen LogP contribution in [0.5, 0.6) is 0 Å². The van der Waals surface area contributed by atoms with Crippen molar-refractivity contribution in [3.63, 3.8) is 0 Å². The molecule has 1 aromatic heterocycles. The largest absolute Gasteiger partial charge is 0.386 e. The van der Waals surface area contributed by atoms with Crippen LogP contribution < -0.4 is 15.4 Å². The lowest BCUT2D eigenvalue weighted by molar-refractivity contribution is 0.184. The predicted molar refractivity (Wildman–Crippen MR) is 139 cm³/mol. The molecule has 0 aliphatic rings. The smallest absolute Gasteiger partial charge is 0.213 e. The van der Waals surface area contributed by atoms with Crippen molar-refractivity contribution in [2.45, 2.75) is 12.6 Å². The minimum absolute atomic E-state index is 0. The molecular weight excluding hydrogens is 547 g/mol. The van der Waals surface area contributed by atoms with Crippen LogP contribution in [0.1, 0.15) is 16.5 Å². The Balaban J connectivity index is 0.00000341. The molecule has 2 aromatic carbocycles. The molecule has 0 spiro atoms. The maximum absolute atomic E-state index is 12.2. The summed E-state index contributed by atoms with van der Waals surface area (Å²) in [5.41, 5.74) is 0.904. The van der Waals surface area contributed by atoms with Crippen molar-refractivity contribution in [1.29, 1.82) is 0 Å². The van der Waals surface area contributed by atoms with Crippen molar-refractivity contribution >= 4 is 61.4 Å². The zero-order valence-corrected chi connectivity index (χ0v) is 21.1. The number of thiophene rings is 1. The maximum Gasteiger partial charge on any atom is 0.213 e. The Morgan fingerprint density at radius 2 is 1.81 bits per heavy atom. The monoisotopic (exact) mass is 574 g/mol. The highest BCUT2D eigenvalue weighted by atomic mass is 127. The quantitative estimate of drug-likeness (QED) is 0.179. The Morgan fingerprint density at radius 3 is 2.52 bits per heavy atom. The molecule has 0 fully saturated rings. The lowest BCUT2D eigenvalue weighted by atomic mass is 10.2. The lowest BCUT2D eigenvalue weighted by Crippen LogP contribution is -2.42. The Bertz CT molecular complexity index is 1060. The number of rotatable bonds is 9. The molecule has 0 aliphatic heterocycles. The minimum atomic E-state index is -3.42. The van der Waals surface area contributed by atoms with Gasteiger partial charge in [-0.05, 0) is 23.1 Å². The first-order valence-electron chi connectivity index (χ1n) is 9.59. The van der Waals surface area contributed by atoms with E-state index in [9.17, 15) is 13.5 Å². The minimum Gasteiger partial charge on any atom is -0.386 e. The first-order chi connectivity index (χ1) is 14.5. The first-order valence-corrected chi connectivity index (χ1v) is 12.1. The van der Waals surface area contributed by atoms with E-state index in [1.807, 2.05) is 60.7 Å². The van der Waals surface area contributed by atoms with Crippen LogP contribution in [0.25, 0.3) is 10.1 Å². The van der Waals surface area contributed by atoms with Gasteiger partial charge in [0.05, 0.1) is 5.75 Å². The lowest BCUT2D eigenvalue weighted by Gasteiger charge is -2.15. The second kappa shape index (κ2) is 12.3. The third-order valence-electron chi connectivity index (χ3n) is 4.46. The van der Waals surface area contributed by atoms with E-state index in [1.54, 1.807) is 18.4 Å². The standard InChI is InChI=1S/C21H26N4O3S2.HI/c1-22-21(23-11-12-30(27,28)25-14-16-7-3-2-4-8-16)24-15-18(26)20-13-17-9-5-6-10-19(17)29-20;/h2-10,13,18,25-26H,11-12,14-15H2,1H3,(H2,22,23,24);1H. The van der Waals surface area contributed by atoms with Crippen molar-refractivity contribution in [3.8, 4) is 0 Å². The molecule has 0 saturated heterocycles. The van der Waals surface area contributed by atoms with Gasteiger partial charge in [-0.2, -0.15) is 0 Å². The number of benzene rings is 2. The Kier molecular flexibility index (Phi) is 10.2. The Labute approximate surface area is 204 Å². The van der Waals surface area contributed by atoms with Gasteiger partial charge in [0.15, 0.2) is 5.96 Å². The second-order valence-electron chi connectivity index (χ2n) is 6.71. The first kappa shape index (κ1) is 25.5. The summed E-state index contributed by atoms with van der Waals surface area (Å²) in [6, 6.07) is 19.3. The van der Waals surface area contributed by atoms with Gasteiger partial charge in [-0.15, -0.1) is 35.3 Å². The van der Waals surface area contributed by atoms with Gasteiger partial charge in [-0.25, -0.2) is 13.1 Å². The fourth-order valence-corrected chi connectivity index (χ4v) is 4.80. The summed E-state index contributed by atoms with van der Waals surface area (Å²) >= 11 is 1.55. The molecule has 31 heavy (non-hydrogen) atoms. The van der Waals surface area contributed by atoms with Crippen molar-refractivity contribution in [2.75, 3.05) is 25.9 Å². The molecule has 10 heteroatoms. The summed E-state index contributed by atoms with van der Waals surface area (Å²) in [6.45, 7) is 0.728. The van der Waals surface area contributed by atoms with Gasteiger partial charge in [-0.1, -0.05) is 48.5 Å². The third-order valence-corrected chi connectivity index (χ3v) is 7.00. The zero-order chi connectivity index (χ0) is 21.4. The molecule has 3 rings (SSSR count). The van der Waals surface area contributed by atoms with Crippen molar-refractivity contribution < 1.29 is 13.5 Å². The molecule has 3 aromatic rings. The molecule has 168 valence electrons. The molecule has 0 bridgehead atoms. The molecule has 1 atom stereocenters. The van der Waals surface area contributed by atoms with Gasteiger partial charge in [0.1, 0.15) is 6.10 Å². The van der Waals surface area contributed by atoms with Crippen LogP contribution in [0.3, 0.4) is 0 Å². The van der Waals surface area contributed by atoms with Gasteiger partial charge in [0.25, 0.3) is 0 Å². The normalized spacial score (nSPS) is 12.9. The van der Waals surface area contributed by atoms with Crippen LogP contribution in [0, 0.1) is 0 Å². The molecule has 0 radical (unpaired) electrons. The van der Waals surface area contributed by atoms with Crippen LogP contribution in [0.2, 0.25) is 0 Å². The molecule has 4 N–H and O–H groups in total. The fourth-order valence-electron chi connectivity index (χ4n) is 2.85. The van der Waals surface area contributed by atoms with Gasteiger partial charge >= 0.3 is 0 Å². The number of aliphatic hydroxyl groups excluding tert-OH is 1. The van der Waals surface area contributed by atoms with Gasteiger partial charge in [-0.3, -0.25) is 4.99 Å². The Hall–Kier alpha value is -1.73. The summed E-state index contributed by atoms with van der Waals surface area (Å²) in [6.07, 6.45) is -0.683. The van der Waals surface area contributed by atoms with Crippen LogP contribution >= 0.6 is 35.3 Å². The zero-order valence-electron chi connectivity index (χ0n) is 17.1. The van der Waals surface area contributed by atoms with E-state index < -0.39 is 16.1 Å². The van der Waals surface area contributed by atoms with Gasteiger partial charge in [0, 0.05) is 36.3 Å². The van der Waals surface area contributed by atoms with Crippen LogP contribution in [-0.4, -0.2) is 45.4 Å². The number of hydrogen-bond donors (Lipinski definition) is 4.